The van der Waals surface area contributed by atoms with Gasteiger partial charge in [0.25, 0.3) is 5.91 Å². The number of benzene rings is 1. The van der Waals surface area contributed by atoms with Gasteiger partial charge in [0.05, 0.1) is 18.3 Å². The first-order valence-electron chi connectivity index (χ1n) is 7.41. The van der Waals surface area contributed by atoms with E-state index in [1.165, 1.54) is 0 Å². The van der Waals surface area contributed by atoms with E-state index in [9.17, 15) is 4.79 Å². The molecular formula is C15H15N3O4S. The highest BCUT2D eigenvalue weighted by atomic mass is 32.1. The third-order valence-electron chi connectivity index (χ3n) is 3.87. The van der Waals surface area contributed by atoms with Crippen LogP contribution in [0.15, 0.2) is 30.5 Å². The summed E-state index contributed by atoms with van der Waals surface area (Å²) in [5.74, 6) is 1.73. The maximum Gasteiger partial charge on any atom is 0.267 e. The minimum atomic E-state index is -0.607. The second kappa shape index (κ2) is 6.04. The molecule has 3 heterocycles. The van der Waals surface area contributed by atoms with Crippen LogP contribution in [0.2, 0.25) is 0 Å². The Morgan fingerprint density at radius 3 is 3.04 bits per heavy atom. The number of nitrogens with zero attached hydrogens (tertiary/aromatic N) is 3. The van der Waals surface area contributed by atoms with Crippen LogP contribution in [0, 0.1) is 0 Å². The normalized spacial score (nSPS) is 22.9. The van der Waals surface area contributed by atoms with Gasteiger partial charge in [0.15, 0.2) is 11.5 Å². The molecule has 7 nitrogen and oxygen atoms in total. The maximum atomic E-state index is 12.6. The van der Waals surface area contributed by atoms with Crippen molar-refractivity contribution in [3.63, 3.8) is 0 Å². The summed E-state index contributed by atoms with van der Waals surface area (Å²) in [7, 11) is 0. The summed E-state index contributed by atoms with van der Waals surface area (Å²) in [4.78, 5) is 14.4. The average Bonchev–Trinajstić information content (AvgIpc) is 3.26. The minimum absolute atomic E-state index is 0.0559. The van der Waals surface area contributed by atoms with E-state index in [1.54, 1.807) is 17.2 Å². The lowest BCUT2D eigenvalue weighted by atomic mass is 10.2. The molecule has 2 aliphatic heterocycles. The maximum absolute atomic E-state index is 12.6. The zero-order valence-electron chi connectivity index (χ0n) is 12.3. The molecule has 120 valence electrons. The number of likely N-dealkylation sites (tertiary alicyclic amines) is 1. The Morgan fingerprint density at radius 1 is 1.35 bits per heavy atom. The summed E-state index contributed by atoms with van der Waals surface area (Å²) in [6.07, 6.45) is 1.70. The van der Waals surface area contributed by atoms with Gasteiger partial charge in [0.2, 0.25) is 12.0 Å². The third kappa shape index (κ3) is 2.94. The molecule has 1 aromatic carbocycles. The molecule has 1 fully saturated rings. The first-order chi connectivity index (χ1) is 11.3. The fourth-order valence-corrected chi connectivity index (χ4v) is 3.10. The summed E-state index contributed by atoms with van der Waals surface area (Å²) < 4.78 is 25.0. The molecule has 2 aromatic rings. The molecule has 0 spiro atoms. The van der Waals surface area contributed by atoms with Gasteiger partial charge in [-0.2, -0.15) is 4.37 Å². The predicted octanol–water partition coefficient (Wildman–Crippen LogP) is 1.36. The summed E-state index contributed by atoms with van der Waals surface area (Å²) in [5, 5.41) is 0. The molecule has 0 N–H and O–H groups in total. The standard InChI is InChI=1S/C15H15N3O4S/c19-15(13-9-20-11-3-1-2-4-12(11)22-13)18-6-5-10(8-18)21-14-7-16-23-17-14/h1-4,7,10,13H,5-6,8-9H2. The Kier molecular flexibility index (Phi) is 3.74. The number of rotatable bonds is 3. The van der Waals surface area contributed by atoms with Crippen molar-refractivity contribution in [3.8, 4) is 17.4 Å². The lowest BCUT2D eigenvalue weighted by Gasteiger charge is -2.28. The highest BCUT2D eigenvalue weighted by Gasteiger charge is 2.35. The van der Waals surface area contributed by atoms with Gasteiger partial charge in [0, 0.05) is 13.0 Å². The smallest absolute Gasteiger partial charge is 0.267 e. The van der Waals surface area contributed by atoms with E-state index in [4.69, 9.17) is 14.2 Å². The molecule has 0 bridgehead atoms. The molecule has 2 aliphatic rings. The van der Waals surface area contributed by atoms with E-state index in [0.29, 0.717) is 30.5 Å². The van der Waals surface area contributed by atoms with E-state index in [0.717, 1.165) is 18.1 Å². The second-order valence-corrected chi connectivity index (χ2v) is 5.98. The molecular weight excluding hydrogens is 318 g/mol. The zero-order valence-corrected chi connectivity index (χ0v) is 13.1. The van der Waals surface area contributed by atoms with E-state index < -0.39 is 6.10 Å². The first kappa shape index (κ1) is 14.3. The number of amides is 1. The number of para-hydroxylation sites is 2. The number of hydrogen-bond acceptors (Lipinski definition) is 7. The average molecular weight is 333 g/mol. The summed E-state index contributed by atoms with van der Waals surface area (Å²) in [5.41, 5.74) is 0. The van der Waals surface area contributed by atoms with Crippen LogP contribution in [0.1, 0.15) is 6.42 Å². The number of aromatic nitrogens is 2. The molecule has 1 aromatic heterocycles. The zero-order chi connectivity index (χ0) is 15.6. The number of carbonyl (C=O) groups is 1. The second-order valence-electron chi connectivity index (χ2n) is 5.42. The summed E-state index contributed by atoms with van der Waals surface area (Å²) in [6.45, 7) is 1.40. The van der Waals surface area contributed by atoms with Crippen molar-refractivity contribution in [2.75, 3.05) is 19.7 Å². The van der Waals surface area contributed by atoms with Crippen LogP contribution in [0.4, 0.5) is 0 Å². The van der Waals surface area contributed by atoms with E-state index in [1.807, 2.05) is 18.2 Å². The van der Waals surface area contributed by atoms with Crippen LogP contribution >= 0.6 is 11.7 Å². The van der Waals surface area contributed by atoms with Crippen LogP contribution in [-0.4, -0.2) is 51.5 Å². The van der Waals surface area contributed by atoms with Crippen molar-refractivity contribution in [3.05, 3.63) is 30.5 Å². The largest absolute Gasteiger partial charge is 0.485 e. The number of hydrogen-bond donors (Lipinski definition) is 0. The Labute approximate surface area is 137 Å². The van der Waals surface area contributed by atoms with Crippen LogP contribution in [0.5, 0.6) is 17.4 Å². The van der Waals surface area contributed by atoms with Gasteiger partial charge in [-0.1, -0.05) is 12.1 Å². The number of fused-ring (bicyclic) bond motifs is 1. The molecule has 0 saturated carbocycles. The number of carbonyl (C=O) groups excluding carboxylic acids is 1. The molecule has 2 unspecified atom stereocenters. The lowest BCUT2D eigenvalue weighted by Crippen LogP contribution is -2.46. The topological polar surface area (TPSA) is 73.8 Å². The molecule has 4 rings (SSSR count). The van der Waals surface area contributed by atoms with Gasteiger partial charge >= 0.3 is 0 Å². The molecule has 1 saturated heterocycles. The highest BCUT2D eigenvalue weighted by Crippen LogP contribution is 2.31. The first-order valence-corrected chi connectivity index (χ1v) is 8.14. The van der Waals surface area contributed by atoms with Crippen molar-refractivity contribution in [2.24, 2.45) is 0 Å². The Bertz CT molecular complexity index is 694. The van der Waals surface area contributed by atoms with Crippen molar-refractivity contribution < 1.29 is 19.0 Å². The third-order valence-corrected chi connectivity index (χ3v) is 4.33. The fraction of sp³-hybridized carbons (Fsp3) is 0.400. The SMILES string of the molecule is O=C(C1COc2ccccc2O1)N1CCC(Oc2cnsn2)C1. The molecule has 2 atom stereocenters. The Hall–Kier alpha value is -2.35. The Balaban J connectivity index is 1.37. The van der Waals surface area contributed by atoms with Crippen molar-refractivity contribution in [1.82, 2.24) is 13.6 Å². The van der Waals surface area contributed by atoms with Gasteiger partial charge in [-0.25, -0.2) is 0 Å². The van der Waals surface area contributed by atoms with Crippen LogP contribution < -0.4 is 14.2 Å². The molecule has 23 heavy (non-hydrogen) atoms. The van der Waals surface area contributed by atoms with Crippen LogP contribution in [-0.2, 0) is 4.79 Å². The molecule has 0 aliphatic carbocycles. The molecule has 8 heteroatoms. The Morgan fingerprint density at radius 2 is 2.22 bits per heavy atom. The number of ether oxygens (including phenoxy) is 3. The molecule has 0 radical (unpaired) electrons. The fourth-order valence-electron chi connectivity index (χ4n) is 2.75. The quantitative estimate of drug-likeness (QED) is 0.844. The van der Waals surface area contributed by atoms with Gasteiger partial charge in [-0.3, -0.25) is 4.79 Å². The highest BCUT2D eigenvalue weighted by molar-refractivity contribution is 6.99. The van der Waals surface area contributed by atoms with Gasteiger partial charge < -0.3 is 19.1 Å². The van der Waals surface area contributed by atoms with E-state index >= 15 is 0 Å². The van der Waals surface area contributed by atoms with Gasteiger partial charge in [-0.15, -0.1) is 4.37 Å². The minimum Gasteiger partial charge on any atom is -0.485 e. The summed E-state index contributed by atoms with van der Waals surface area (Å²) in [6, 6.07) is 7.37. The summed E-state index contributed by atoms with van der Waals surface area (Å²) >= 11 is 1.10. The van der Waals surface area contributed by atoms with Crippen molar-refractivity contribution >= 4 is 17.6 Å². The monoisotopic (exact) mass is 333 g/mol. The van der Waals surface area contributed by atoms with E-state index in [-0.39, 0.29) is 18.6 Å². The van der Waals surface area contributed by atoms with Crippen LogP contribution in [0.25, 0.3) is 0 Å². The van der Waals surface area contributed by atoms with Gasteiger partial charge in [-0.05, 0) is 12.1 Å². The van der Waals surface area contributed by atoms with Crippen molar-refractivity contribution in [2.45, 2.75) is 18.6 Å². The molecule has 1 amide bonds. The predicted molar refractivity (Wildman–Crippen MR) is 81.9 cm³/mol. The van der Waals surface area contributed by atoms with Gasteiger partial charge in [0.1, 0.15) is 18.9 Å². The van der Waals surface area contributed by atoms with Crippen molar-refractivity contribution in [1.29, 1.82) is 0 Å². The van der Waals surface area contributed by atoms with Crippen LogP contribution in [0.3, 0.4) is 0 Å². The lowest BCUT2D eigenvalue weighted by molar-refractivity contribution is -0.140. The van der Waals surface area contributed by atoms with E-state index in [2.05, 4.69) is 8.75 Å².